The van der Waals surface area contributed by atoms with Crippen molar-refractivity contribution >= 4 is 27.6 Å². The van der Waals surface area contributed by atoms with Crippen molar-refractivity contribution in [3.8, 4) is 0 Å². The molecule has 0 aliphatic rings. The number of nitrogens with one attached hydrogen (secondary N) is 2. The summed E-state index contributed by atoms with van der Waals surface area (Å²) in [4.78, 5) is 8.50. The highest BCUT2D eigenvalue weighted by Crippen LogP contribution is 2.28. The van der Waals surface area contributed by atoms with Gasteiger partial charge in [0, 0.05) is 19.7 Å². The minimum Gasteiger partial charge on any atom is -0.396 e. The maximum atomic E-state index is 8.92. The summed E-state index contributed by atoms with van der Waals surface area (Å²) in [5.41, 5.74) is 0.115. The van der Waals surface area contributed by atoms with Gasteiger partial charge in [-0.15, -0.1) is 0 Å². The van der Waals surface area contributed by atoms with Crippen LogP contribution in [0.4, 0.5) is 11.6 Å². The van der Waals surface area contributed by atoms with Gasteiger partial charge in [0.25, 0.3) is 0 Å². The monoisotopic (exact) mass is 344 g/mol. The molecule has 6 heteroatoms. The standard InChI is InChI=1S/C14H25BrN4O/c1-4-7-16-12-11(15)13(19-10-18-12)17-9-14(2,3)6-5-8-20/h10,20H,4-9H2,1-3H3,(H2,16,17,18,19). The molecule has 0 bridgehead atoms. The van der Waals surface area contributed by atoms with Crippen molar-refractivity contribution in [1.82, 2.24) is 9.97 Å². The Labute approximate surface area is 129 Å². The third-order valence-corrected chi connectivity index (χ3v) is 3.83. The Bertz CT molecular complexity index is 412. The molecule has 0 amide bonds. The molecule has 5 nitrogen and oxygen atoms in total. The molecule has 0 fully saturated rings. The van der Waals surface area contributed by atoms with Crippen molar-refractivity contribution in [2.24, 2.45) is 5.41 Å². The van der Waals surface area contributed by atoms with Crippen LogP contribution in [0.2, 0.25) is 0 Å². The average molecular weight is 345 g/mol. The zero-order chi connectivity index (χ0) is 15.0. The molecular formula is C14H25BrN4O. The molecule has 114 valence electrons. The largest absolute Gasteiger partial charge is 0.396 e. The first-order chi connectivity index (χ1) is 9.50. The van der Waals surface area contributed by atoms with Gasteiger partial charge in [0.1, 0.15) is 22.4 Å². The van der Waals surface area contributed by atoms with Gasteiger partial charge in [-0.1, -0.05) is 20.8 Å². The molecule has 0 saturated carbocycles. The van der Waals surface area contributed by atoms with E-state index in [1.807, 2.05) is 0 Å². The van der Waals surface area contributed by atoms with E-state index in [0.29, 0.717) is 0 Å². The smallest absolute Gasteiger partial charge is 0.145 e. The van der Waals surface area contributed by atoms with E-state index in [1.54, 1.807) is 6.33 Å². The molecule has 0 aromatic carbocycles. The van der Waals surface area contributed by atoms with E-state index >= 15 is 0 Å². The van der Waals surface area contributed by atoms with Gasteiger partial charge in [0.2, 0.25) is 0 Å². The lowest BCUT2D eigenvalue weighted by molar-refractivity contribution is 0.248. The van der Waals surface area contributed by atoms with Crippen LogP contribution < -0.4 is 10.6 Å². The van der Waals surface area contributed by atoms with E-state index in [0.717, 1.165) is 48.5 Å². The number of hydrogen-bond acceptors (Lipinski definition) is 5. The van der Waals surface area contributed by atoms with Crippen LogP contribution in [-0.2, 0) is 0 Å². The highest BCUT2D eigenvalue weighted by Gasteiger charge is 2.18. The Kier molecular flexibility index (Phi) is 7.23. The van der Waals surface area contributed by atoms with Gasteiger partial charge < -0.3 is 15.7 Å². The van der Waals surface area contributed by atoms with E-state index in [-0.39, 0.29) is 12.0 Å². The Balaban J connectivity index is 2.63. The van der Waals surface area contributed by atoms with Gasteiger partial charge in [0.15, 0.2) is 0 Å². The normalized spacial score (nSPS) is 11.4. The fraction of sp³-hybridized carbons (Fsp3) is 0.714. The van der Waals surface area contributed by atoms with E-state index in [2.05, 4.69) is 57.3 Å². The van der Waals surface area contributed by atoms with Gasteiger partial charge in [0.05, 0.1) is 0 Å². The number of aromatic nitrogens is 2. The lowest BCUT2D eigenvalue weighted by atomic mass is 9.88. The molecule has 0 radical (unpaired) electrons. The molecule has 3 N–H and O–H groups in total. The molecule has 20 heavy (non-hydrogen) atoms. The first-order valence-corrected chi connectivity index (χ1v) is 7.88. The molecule has 1 aromatic heterocycles. The van der Waals surface area contributed by atoms with Gasteiger partial charge in [-0.2, -0.15) is 0 Å². The van der Waals surface area contributed by atoms with Crippen molar-refractivity contribution in [2.75, 3.05) is 30.3 Å². The number of aliphatic hydroxyl groups is 1. The van der Waals surface area contributed by atoms with E-state index < -0.39 is 0 Å². The van der Waals surface area contributed by atoms with Gasteiger partial charge >= 0.3 is 0 Å². The molecule has 0 aliphatic heterocycles. The molecule has 0 aliphatic carbocycles. The van der Waals surface area contributed by atoms with E-state index in [4.69, 9.17) is 5.11 Å². The second-order valence-corrected chi connectivity index (χ2v) is 6.45. The highest BCUT2D eigenvalue weighted by molar-refractivity contribution is 9.10. The number of anilines is 2. The number of hydrogen-bond donors (Lipinski definition) is 3. The van der Waals surface area contributed by atoms with Crippen LogP contribution in [0.1, 0.15) is 40.0 Å². The summed E-state index contributed by atoms with van der Waals surface area (Å²) in [6.07, 6.45) is 4.41. The summed E-state index contributed by atoms with van der Waals surface area (Å²) in [6, 6.07) is 0. The Hall–Kier alpha value is -0.880. The summed E-state index contributed by atoms with van der Waals surface area (Å²) in [7, 11) is 0. The van der Waals surface area contributed by atoms with Crippen LogP contribution in [0.25, 0.3) is 0 Å². The summed E-state index contributed by atoms with van der Waals surface area (Å²) in [5.74, 6) is 1.62. The van der Waals surface area contributed by atoms with Crippen LogP contribution in [0, 0.1) is 5.41 Å². The zero-order valence-electron chi connectivity index (χ0n) is 12.5. The molecule has 0 unspecified atom stereocenters. The molecule has 0 saturated heterocycles. The Morgan fingerprint density at radius 3 is 2.50 bits per heavy atom. The average Bonchev–Trinajstić information content (AvgIpc) is 2.43. The van der Waals surface area contributed by atoms with Gasteiger partial charge in [-0.05, 0) is 40.6 Å². The Morgan fingerprint density at radius 2 is 1.90 bits per heavy atom. The molecule has 0 spiro atoms. The molecular weight excluding hydrogens is 320 g/mol. The second kappa shape index (κ2) is 8.42. The molecule has 1 rings (SSSR count). The SMILES string of the molecule is CCCNc1ncnc(NCC(C)(C)CCCO)c1Br. The number of rotatable bonds is 9. The van der Waals surface area contributed by atoms with Crippen LogP contribution in [0.15, 0.2) is 10.8 Å². The van der Waals surface area contributed by atoms with E-state index in [1.165, 1.54) is 0 Å². The Morgan fingerprint density at radius 1 is 1.25 bits per heavy atom. The summed E-state index contributed by atoms with van der Waals surface area (Å²) in [6.45, 7) is 8.41. The number of halogens is 1. The van der Waals surface area contributed by atoms with Crippen molar-refractivity contribution in [3.63, 3.8) is 0 Å². The summed E-state index contributed by atoms with van der Waals surface area (Å²) in [5, 5.41) is 15.5. The van der Waals surface area contributed by atoms with Gasteiger partial charge in [-0.3, -0.25) is 0 Å². The minimum absolute atomic E-state index is 0.115. The topological polar surface area (TPSA) is 70.1 Å². The fourth-order valence-corrected chi connectivity index (χ4v) is 2.31. The molecule has 1 heterocycles. The fourth-order valence-electron chi connectivity index (χ4n) is 1.83. The predicted octanol–water partition coefficient (Wildman–Crippen LogP) is 3.27. The first-order valence-electron chi connectivity index (χ1n) is 7.09. The minimum atomic E-state index is 0.115. The maximum Gasteiger partial charge on any atom is 0.145 e. The lowest BCUT2D eigenvalue weighted by Gasteiger charge is -2.25. The molecule has 1 aromatic rings. The summed E-state index contributed by atoms with van der Waals surface area (Å²) < 4.78 is 0.867. The number of aliphatic hydroxyl groups excluding tert-OH is 1. The van der Waals surface area contributed by atoms with Crippen LogP contribution >= 0.6 is 15.9 Å². The zero-order valence-corrected chi connectivity index (χ0v) is 14.1. The summed E-state index contributed by atoms with van der Waals surface area (Å²) >= 11 is 3.54. The third-order valence-electron chi connectivity index (χ3n) is 3.08. The van der Waals surface area contributed by atoms with Crippen LogP contribution in [0.5, 0.6) is 0 Å². The van der Waals surface area contributed by atoms with Crippen LogP contribution in [-0.4, -0.2) is 34.8 Å². The number of nitrogens with zero attached hydrogens (tertiary/aromatic N) is 2. The van der Waals surface area contributed by atoms with Crippen molar-refractivity contribution < 1.29 is 5.11 Å². The van der Waals surface area contributed by atoms with Crippen LogP contribution in [0.3, 0.4) is 0 Å². The van der Waals surface area contributed by atoms with Crippen molar-refractivity contribution in [2.45, 2.75) is 40.0 Å². The van der Waals surface area contributed by atoms with E-state index in [9.17, 15) is 0 Å². The van der Waals surface area contributed by atoms with Crippen molar-refractivity contribution in [3.05, 3.63) is 10.8 Å². The van der Waals surface area contributed by atoms with Crippen molar-refractivity contribution in [1.29, 1.82) is 0 Å². The maximum absolute atomic E-state index is 8.92. The highest BCUT2D eigenvalue weighted by atomic mass is 79.9. The predicted molar refractivity (Wildman–Crippen MR) is 87.1 cm³/mol. The quantitative estimate of drug-likeness (QED) is 0.641. The third kappa shape index (κ3) is 5.63. The second-order valence-electron chi connectivity index (χ2n) is 5.66. The van der Waals surface area contributed by atoms with Gasteiger partial charge in [-0.25, -0.2) is 9.97 Å². The molecule has 0 atom stereocenters. The first kappa shape index (κ1) is 17.2. The lowest BCUT2D eigenvalue weighted by Crippen LogP contribution is -2.24.